The minimum absolute atomic E-state index is 0. The second-order valence-electron chi connectivity index (χ2n) is 8.38. The third-order valence-corrected chi connectivity index (χ3v) is 6.18. The molecule has 34 heavy (non-hydrogen) atoms. The number of nitrogens with one attached hydrogen (secondary N) is 2. The molecule has 0 saturated heterocycles. The smallest absolute Gasteiger partial charge is 0.395 e. The van der Waals surface area contributed by atoms with Gasteiger partial charge in [-0.15, -0.1) is 8.78 Å². The number of carbonyl (C=O) groups excluding carboxylic acids is 1. The molecule has 1 aliphatic heterocycles. The molecule has 3 heterocycles. The number of aromatic amines is 1. The van der Waals surface area contributed by atoms with Gasteiger partial charge in [0.1, 0.15) is 5.82 Å². The number of halogens is 2. The number of fused-ring (bicyclic) bond motifs is 2. The Kier molecular flexibility index (Phi) is 4.26. The van der Waals surface area contributed by atoms with Gasteiger partial charge in [-0.2, -0.15) is 0 Å². The van der Waals surface area contributed by atoms with E-state index in [4.69, 9.17) is 0 Å². The summed E-state index contributed by atoms with van der Waals surface area (Å²) in [4.78, 5) is 32.1. The molecule has 0 radical (unpaired) electrons. The number of benzene rings is 2. The Morgan fingerprint density at radius 2 is 1.82 bits per heavy atom. The zero-order valence-corrected chi connectivity index (χ0v) is 17.6. The Hall–Kier alpha value is -4.27. The van der Waals surface area contributed by atoms with E-state index in [1.54, 1.807) is 24.4 Å². The van der Waals surface area contributed by atoms with Crippen LogP contribution in [0.5, 0.6) is 11.5 Å². The van der Waals surface area contributed by atoms with Gasteiger partial charge in [0.25, 0.3) is 0 Å². The molecule has 1 amide bonds. The average molecular weight is 465 g/mol. The number of H-pyrrole nitrogens is 1. The maximum atomic E-state index is 13.4. The lowest BCUT2D eigenvalue weighted by Crippen LogP contribution is -2.28. The molecule has 0 unspecified atom stereocenters. The van der Waals surface area contributed by atoms with Crippen LogP contribution in [0.4, 0.5) is 14.6 Å². The molecule has 2 N–H and O–H groups in total. The van der Waals surface area contributed by atoms with Crippen molar-refractivity contribution in [2.45, 2.75) is 24.6 Å². The minimum atomic E-state index is -3.72. The molecule has 1 fully saturated rings. The highest BCUT2D eigenvalue weighted by molar-refractivity contribution is 6.03. The van der Waals surface area contributed by atoms with Gasteiger partial charge in [0, 0.05) is 26.1 Å². The zero-order valence-electron chi connectivity index (χ0n) is 17.6. The van der Waals surface area contributed by atoms with Gasteiger partial charge in [-0.3, -0.25) is 9.59 Å². The number of ether oxygens (including phenoxy) is 2. The van der Waals surface area contributed by atoms with E-state index in [-0.39, 0.29) is 25.8 Å². The van der Waals surface area contributed by atoms with E-state index in [1.807, 2.05) is 24.3 Å². The number of hydrogen-bond donors (Lipinski definition) is 2. The van der Waals surface area contributed by atoms with Crippen molar-refractivity contribution in [3.05, 3.63) is 82.8 Å². The van der Waals surface area contributed by atoms with Crippen molar-refractivity contribution < 1.29 is 25.9 Å². The van der Waals surface area contributed by atoms with Crippen molar-refractivity contribution >= 4 is 22.5 Å². The summed E-state index contributed by atoms with van der Waals surface area (Å²) in [5.41, 5.74) is 0.799. The Morgan fingerprint density at radius 3 is 2.59 bits per heavy atom. The van der Waals surface area contributed by atoms with E-state index in [0.29, 0.717) is 35.5 Å². The Morgan fingerprint density at radius 1 is 1.03 bits per heavy atom. The van der Waals surface area contributed by atoms with Crippen LogP contribution in [-0.4, -0.2) is 22.2 Å². The lowest BCUT2D eigenvalue weighted by Gasteiger charge is -2.17. The van der Waals surface area contributed by atoms with Gasteiger partial charge in [0.05, 0.1) is 11.1 Å². The largest absolute Gasteiger partial charge is 0.586 e. The fraction of sp³-hybridized carbons (Fsp3) is 0.160. The van der Waals surface area contributed by atoms with Crippen molar-refractivity contribution in [2.24, 2.45) is 0 Å². The van der Waals surface area contributed by atoms with Gasteiger partial charge in [0.2, 0.25) is 11.5 Å². The van der Waals surface area contributed by atoms with Crippen LogP contribution >= 0.6 is 0 Å². The number of anilines is 1. The first-order valence-corrected chi connectivity index (χ1v) is 10.6. The van der Waals surface area contributed by atoms with E-state index in [2.05, 4.69) is 24.8 Å². The first kappa shape index (κ1) is 20.3. The zero-order chi connectivity index (χ0) is 23.5. The molecule has 1 aliphatic carbocycles. The van der Waals surface area contributed by atoms with E-state index in [9.17, 15) is 18.4 Å². The second-order valence-corrected chi connectivity index (χ2v) is 8.38. The molecule has 174 valence electrons. The number of hydrogen-bond acceptors (Lipinski definition) is 5. The highest BCUT2D eigenvalue weighted by Gasteiger charge is 2.53. The molecule has 1 saturated carbocycles. The fourth-order valence-electron chi connectivity index (χ4n) is 4.30. The molecule has 6 rings (SSSR count). The van der Waals surface area contributed by atoms with Crippen molar-refractivity contribution in [2.75, 3.05) is 5.32 Å². The van der Waals surface area contributed by atoms with Gasteiger partial charge in [-0.05, 0) is 48.1 Å². The number of alkyl halides is 2. The highest BCUT2D eigenvalue weighted by Crippen LogP contribution is 2.52. The fourth-order valence-corrected chi connectivity index (χ4v) is 4.30. The number of aromatic nitrogens is 2. The first-order chi connectivity index (χ1) is 16.3. The summed E-state index contributed by atoms with van der Waals surface area (Å²) in [5.74, 6) is -0.0887. The van der Waals surface area contributed by atoms with Crippen LogP contribution in [0, 0.1) is 0 Å². The van der Waals surface area contributed by atoms with Gasteiger partial charge in [-0.25, -0.2) is 4.98 Å². The quantitative estimate of drug-likeness (QED) is 0.439. The number of amides is 1. The van der Waals surface area contributed by atoms with E-state index in [1.165, 1.54) is 18.2 Å². The van der Waals surface area contributed by atoms with E-state index < -0.39 is 11.7 Å². The topological polar surface area (TPSA) is 93.3 Å². The molecule has 4 aromatic rings. The molecule has 0 atom stereocenters. The predicted octanol–water partition coefficient (Wildman–Crippen LogP) is 5.07. The lowest BCUT2D eigenvalue weighted by atomic mass is 9.94. The lowest BCUT2D eigenvalue weighted by molar-refractivity contribution is -0.286. The summed E-state index contributed by atoms with van der Waals surface area (Å²) in [5, 5.41) is 4.63. The van der Waals surface area contributed by atoms with Crippen molar-refractivity contribution in [1.82, 2.24) is 9.97 Å². The van der Waals surface area contributed by atoms with E-state index >= 15 is 0 Å². The van der Waals surface area contributed by atoms with Crippen molar-refractivity contribution in [3.8, 4) is 22.8 Å². The maximum absolute atomic E-state index is 13.4. The summed E-state index contributed by atoms with van der Waals surface area (Å²) < 4.78 is 35.8. The first-order valence-electron chi connectivity index (χ1n) is 10.6. The van der Waals surface area contributed by atoms with Gasteiger partial charge < -0.3 is 19.8 Å². The molecule has 2 aromatic heterocycles. The normalized spacial score (nSPS) is 16.9. The molecule has 0 bridgehead atoms. The SMILES string of the molecule is O=C(Nc1cc2ccccc2c(-c2ccc(=O)[nH]c2)n1)C1(c2ccc3c(c2)OC(F)(F)O3)CC1.[HH].[HH]. The summed E-state index contributed by atoms with van der Waals surface area (Å²) >= 11 is 0. The van der Waals surface area contributed by atoms with Crippen LogP contribution in [-0.2, 0) is 10.2 Å². The molecular weight excluding hydrogens is 444 g/mol. The monoisotopic (exact) mass is 465 g/mol. The van der Waals surface area contributed by atoms with Crippen LogP contribution in [0.25, 0.3) is 22.0 Å². The van der Waals surface area contributed by atoms with Crippen LogP contribution in [0.15, 0.2) is 71.7 Å². The summed E-state index contributed by atoms with van der Waals surface area (Å²) in [6.45, 7) is 0. The molecule has 2 aliphatic rings. The van der Waals surface area contributed by atoms with Crippen LogP contribution in [0.1, 0.15) is 21.3 Å². The Bertz CT molecular complexity index is 1520. The summed E-state index contributed by atoms with van der Waals surface area (Å²) in [6.07, 6.45) is -1.01. The van der Waals surface area contributed by atoms with Crippen LogP contribution in [0.3, 0.4) is 0 Å². The summed E-state index contributed by atoms with van der Waals surface area (Å²) in [6, 6.07) is 16.9. The van der Waals surface area contributed by atoms with E-state index in [0.717, 1.165) is 10.8 Å². The van der Waals surface area contributed by atoms with Gasteiger partial charge >= 0.3 is 6.29 Å². The molecule has 9 heteroatoms. The van der Waals surface area contributed by atoms with Crippen LogP contribution < -0.4 is 20.3 Å². The third kappa shape index (κ3) is 3.37. The number of rotatable bonds is 4. The number of nitrogens with zero attached hydrogens (tertiary/aromatic N) is 1. The molecule has 0 spiro atoms. The van der Waals surface area contributed by atoms with Gasteiger partial charge in [0.15, 0.2) is 11.5 Å². The molecular formula is C25H21F2N3O4. The third-order valence-electron chi connectivity index (χ3n) is 6.18. The molecule has 7 nitrogen and oxygen atoms in total. The molecule has 2 aromatic carbocycles. The average Bonchev–Trinajstić information content (AvgIpc) is 3.56. The highest BCUT2D eigenvalue weighted by atomic mass is 19.3. The van der Waals surface area contributed by atoms with Crippen molar-refractivity contribution in [3.63, 3.8) is 0 Å². The van der Waals surface area contributed by atoms with Crippen LogP contribution in [0.2, 0.25) is 0 Å². The number of carbonyl (C=O) groups is 1. The number of pyridine rings is 2. The Balaban J connectivity index is 0.00000152. The van der Waals surface area contributed by atoms with Crippen molar-refractivity contribution in [1.29, 1.82) is 0 Å². The maximum Gasteiger partial charge on any atom is 0.586 e. The summed E-state index contributed by atoms with van der Waals surface area (Å²) in [7, 11) is 0. The van der Waals surface area contributed by atoms with Gasteiger partial charge in [-0.1, -0.05) is 30.3 Å². The predicted molar refractivity (Wildman–Crippen MR) is 124 cm³/mol. The standard InChI is InChI=1S/C25H17F2N3O4.2H2/c26-25(27)33-18-7-6-16(12-19(18)34-25)24(9-10-24)23(32)30-20-11-14-3-1-2-4-17(14)22(29-20)15-5-8-21(31)28-13-15;;/h1-8,11-13H,9-10H2,(H,28,31)(H,29,30,32);2*1H. The minimum Gasteiger partial charge on any atom is -0.395 e. The second kappa shape index (κ2) is 7.11. The Labute approximate surface area is 194 Å².